The number of nitrogens with one attached hydrogen (secondary N) is 1. The third-order valence-corrected chi connectivity index (χ3v) is 3.16. The van der Waals surface area contributed by atoms with Gasteiger partial charge in [-0.25, -0.2) is 0 Å². The number of nitrogens with zero attached hydrogens (tertiary/aromatic N) is 1. The van der Waals surface area contributed by atoms with E-state index in [-0.39, 0.29) is 11.9 Å². The molecule has 3 N–H and O–H groups in total. The lowest BCUT2D eigenvalue weighted by Gasteiger charge is -2.29. The topological polar surface area (TPSA) is 67.6 Å². The van der Waals surface area contributed by atoms with Crippen LogP contribution in [0.25, 0.3) is 0 Å². The molecule has 0 saturated carbocycles. The van der Waals surface area contributed by atoms with Gasteiger partial charge in [0.25, 0.3) is 5.91 Å². The van der Waals surface area contributed by atoms with Gasteiger partial charge in [0.15, 0.2) is 0 Å². The molecule has 1 saturated heterocycles. The Morgan fingerprint density at radius 3 is 2.89 bits per heavy atom. The first-order valence-corrected chi connectivity index (χ1v) is 6.61. The molecule has 1 aromatic rings. The molecule has 1 aliphatic rings. The first-order chi connectivity index (χ1) is 9.15. The van der Waals surface area contributed by atoms with Gasteiger partial charge in [-0.3, -0.25) is 9.69 Å². The van der Waals surface area contributed by atoms with Crippen LogP contribution < -0.4 is 11.1 Å². The number of rotatable bonds is 4. The monoisotopic (exact) mass is 263 g/mol. The largest absolute Gasteiger partial charge is 0.399 e. The van der Waals surface area contributed by atoms with Crippen molar-refractivity contribution in [3.8, 4) is 0 Å². The number of benzene rings is 1. The highest BCUT2D eigenvalue weighted by atomic mass is 16.5. The molecule has 5 heteroatoms. The van der Waals surface area contributed by atoms with E-state index in [9.17, 15) is 4.79 Å². The maximum atomic E-state index is 12.0. The fraction of sp³-hybridized carbons (Fsp3) is 0.500. The summed E-state index contributed by atoms with van der Waals surface area (Å²) in [5, 5.41) is 2.99. The SMILES string of the molecule is CC(CN1CCOCC1)NC(=O)c1cccc(N)c1. The minimum absolute atomic E-state index is 0.0759. The van der Waals surface area contributed by atoms with E-state index in [1.54, 1.807) is 24.3 Å². The van der Waals surface area contributed by atoms with Crippen molar-refractivity contribution >= 4 is 11.6 Å². The molecule has 0 bridgehead atoms. The molecule has 19 heavy (non-hydrogen) atoms. The lowest BCUT2D eigenvalue weighted by Crippen LogP contribution is -2.46. The second kappa shape index (κ2) is 6.54. The summed E-state index contributed by atoms with van der Waals surface area (Å²) >= 11 is 0. The Balaban J connectivity index is 1.84. The molecule has 104 valence electrons. The van der Waals surface area contributed by atoms with E-state index < -0.39 is 0 Å². The number of carbonyl (C=O) groups is 1. The van der Waals surface area contributed by atoms with Gasteiger partial charge in [0.1, 0.15) is 0 Å². The Labute approximate surface area is 113 Å². The molecular formula is C14H21N3O2. The minimum atomic E-state index is -0.0759. The molecule has 0 spiro atoms. The molecule has 1 heterocycles. The zero-order chi connectivity index (χ0) is 13.7. The van der Waals surface area contributed by atoms with Crippen molar-refractivity contribution in [1.82, 2.24) is 10.2 Å². The average Bonchev–Trinajstić information content (AvgIpc) is 2.39. The fourth-order valence-corrected chi connectivity index (χ4v) is 2.20. The van der Waals surface area contributed by atoms with Gasteiger partial charge < -0.3 is 15.8 Å². The van der Waals surface area contributed by atoms with Gasteiger partial charge in [-0.05, 0) is 25.1 Å². The van der Waals surface area contributed by atoms with Crippen molar-refractivity contribution in [2.45, 2.75) is 13.0 Å². The predicted octanol–water partition coefficient (Wildman–Crippen LogP) is 0.719. The second-order valence-electron chi connectivity index (χ2n) is 4.91. The number of nitrogen functional groups attached to an aromatic ring is 1. The first kappa shape index (κ1) is 13.8. The van der Waals surface area contributed by atoms with Crippen LogP contribution in [0.5, 0.6) is 0 Å². The third-order valence-electron chi connectivity index (χ3n) is 3.16. The molecule has 1 fully saturated rings. The lowest BCUT2D eigenvalue weighted by molar-refractivity contribution is 0.0342. The number of hydrogen-bond donors (Lipinski definition) is 2. The Kier molecular flexibility index (Phi) is 4.76. The summed E-state index contributed by atoms with van der Waals surface area (Å²) in [6, 6.07) is 7.13. The van der Waals surface area contributed by atoms with Crippen LogP contribution in [0.3, 0.4) is 0 Å². The van der Waals surface area contributed by atoms with Gasteiger partial charge in [-0.15, -0.1) is 0 Å². The smallest absolute Gasteiger partial charge is 0.251 e. The second-order valence-corrected chi connectivity index (χ2v) is 4.91. The Bertz CT molecular complexity index is 430. The maximum absolute atomic E-state index is 12.0. The van der Waals surface area contributed by atoms with Crippen molar-refractivity contribution in [2.24, 2.45) is 0 Å². The van der Waals surface area contributed by atoms with E-state index in [0.717, 1.165) is 32.8 Å². The molecule has 2 rings (SSSR count). The Morgan fingerprint density at radius 2 is 2.21 bits per heavy atom. The summed E-state index contributed by atoms with van der Waals surface area (Å²) in [6.45, 7) is 6.26. The highest BCUT2D eigenvalue weighted by Gasteiger charge is 2.15. The number of ether oxygens (including phenoxy) is 1. The van der Waals surface area contributed by atoms with Crippen LogP contribution in [-0.2, 0) is 4.74 Å². The van der Waals surface area contributed by atoms with Crippen molar-refractivity contribution in [3.05, 3.63) is 29.8 Å². The van der Waals surface area contributed by atoms with Crippen molar-refractivity contribution in [1.29, 1.82) is 0 Å². The molecule has 1 aliphatic heterocycles. The fourth-order valence-electron chi connectivity index (χ4n) is 2.20. The minimum Gasteiger partial charge on any atom is -0.399 e. The Morgan fingerprint density at radius 1 is 1.47 bits per heavy atom. The quantitative estimate of drug-likeness (QED) is 0.786. The summed E-state index contributed by atoms with van der Waals surface area (Å²) in [5.41, 5.74) is 6.88. The molecule has 1 unspecified atom stereocenters. The number of carbonyl (C=O) groups excluding carboxylic acids is 1. The molecule has 0 radical (unpaired) electrons. The molecule has 1 aromatic carbocycles. The summed E-state index contributed by atoms with van der Waals surface area (Å²) in [4.78, 5) is 14.3. The zero-order valence-corrected chi connectivity index (χ0v) is 11.3. The number of amides is 1. The van der Waals surface area contributed by atoms with Gasteiger partial charge in [0.05, 0.1) is 13.2 Å². The van der Waals surface area contributed by atoms with Crippen LogP contribution in [0.1, 0.15) is 17.3 Å². The van der Waals surface area contributed by atoms with E-state index >= 15 is 0 Å². The highest BCUT2D eigenvalue weighted by Crippen LogP contribution is 2.07. The van der Waals surface area contributed by atoms with E-state index in [4.69, 9.17) is 10.5 Å². The van der Waals surface area contributed by atoms with Gasteiger partial charge in [0.2, 0.25) is 0 Å². The van der Waals surface area contributed by atoms with Crippen molar-refractivity contribution in [2.75, 3.05) is 38.6 Å². The average molecular weight is 263 g/mol. The molecular weight excluding hydrogens is 242 g/mol. The van der Waals surface area contributed by atoms with Crippen molar-refractivity contribution < 1.29 is 9.53 Å². The standard InChI is InChI=1S/C14H21N3O2/c1-11(10-17-5-7-19-8-6-17)16-14(18)12-3-2-4-13(15)9-12/h2-4,9,11H,5-8,10,15H2,1H3,(H,16,18). The molecule has 1 amide bonds. The van der Waals surface area contributed by atoms with Crippen LogP contribution in [0.4, 0.5) is 5.69 Å². The van der Waals surface area contributed by atoms with Gasteiger partial charge in [0, 0.05) is 36.9 Å². The van der Waals surface area contributed by atoms with Gasteiger partial charge in [-0.1, -0.05) is 6.07 Å². The lowest BCUT2D eigenvalue weighted by atomic mass is 10.1. The molecule has 0 aliphatic carbocycles. The number of anilines is 1. The molecule has 0 aromatic heterocycles. The first-order valence-electron chi connectivity index (χ1n) is 6.61. The van der Waals surface area contributed by atoms with E-state index in [2.05, 4.69) is 10.2 Å². The van der Waals surface area contributed by atoms with Crippen LogP contribution in [0, 0.1) is 0 Å². The molecule has 5 nitrogen and oxygen atoms in total. The normalized spacial score (nSPS) is 17.9. The van der Waals surface area contributed by atoms with E-state index in [0.29, 0.717) is 11.3 Å². The van der Waals surface area contributed by atoms with Crippen LogP contribution in [0.2, 0.25) is 0 Å². The summed E-state index contributed by atoms with van der Waals surface area (Å²) in [5.74, 6) is -0.0759. The van der Waals surface area contributed by atoms with Crippen LogP contribution >= 0.6 is 0 Å². The van der Waals surface area contributed by atoms with Gasteiger partial charge >= 0.3 is 0 Å². The summed E-state index contributed by atoms with van der Waals surface area (Å²) in [6.07, 6.45) is 0. The van der Waals surface area contributed by atoms with Gasteiger partial charge in [-0.2, -0.15) is 0 Å². The summed E-state index contributed by atoms with van der Waals surface area (Å²) < 4.78 is 5.30. The highest BCUT2D eigenvalue weighted by molar-refractivity contribution is 5.95. The predicted molar refractivity (Wildman–Crippen MR) is 75.0 cm³/mol. The van der Waals surface area contributed by atoms with Crippen molar-refractivity contribution in [3.63, 3.8) is 0 Å². The van der Waals surface area contributed by atoms with Crippen LogP contribution in [-0.4, -0.2) is 49.7 Å². The molecule has 1 atom stereocenters. The number of hydrogen-bond acceptors (Lipinski definition) is 4. The summed E-state index contributed by atoms with van der Waals surface area (Å²) in [7, 11) is 0. The Hall–Kier alpha value is -1.59. The zero-order valence-electron chi connectivity index (χ0n) is 11.3. The van der Waals surface area contributed by atoms with E-state index in [1.807, 2.05) is 6.92 Å². The van der Waals surface area contributed by atoms with E-state index in [1.165, 1.54) is 0 Å². The maximum Gasteiger partial charge on any atom is 0.251 e. The number of morpholine rings is 1. The van der Waals surface area contributed by atoms with Crippen LogP contribution in [0.15, 0.2) is 24.3 Å². The third kappa shape index (κ3) is 4.22. The number of nitrogens with two attached hydrogens (primary N) is 1.